The highest BCUT2D eigenvalue weighted by molar-refractivity contribution is 5.87. The van der Waals surface area contributed by atoms with Crippen LogP contribution in [0.15, 0.2) is 24.3 Å². The largest absolute Gasteiger partial charge is 0.481 e. The Morgan fingerprint density at radius 3 is 2.00 bits per heavy atom. The first kappa shape index (κ1) is 16.2. The van der Waals surface area contributed by atoms with Crippen LogP contribution in [0.4, 0.5) is 0 Å². The van der Waals surface area contributed by atoms with E-state index < -0.39 is 17.4 Å². The van der Waals surface area contributed by atoms with Gasteiger partial charge in [-0.05, 0) is 39.3 Å². The molecule has 0 saturated carbocycles. The molecule has 4 heteroatoms. The Morgan fingerprint density at radius 2 is 1.78 bits per heavy atom. The number of aromatic carboxylic acids is 1. The molecule has 0 aliphatic rings. The quantitative estimate of drug-likeness (QED) is 0.866. The Bertz CT molecular complexity index is 422. The number of benzene rings is 1. The number of aliphatic carboxylic acids is 1. The molecule has 1 aromatic carbocycles. The molecule has 0 fully saturated rings. The van der Waals surface area contributed by atoms with Crippen molar-refractivity contribution in [1.29, 1.82) is 0 Å². The van der Waals surface area contributed by atoms with Crippen molar-refractivity contribution in [2.24, 2.45) is 5.41 Å². The van der Waals surface area contributed by atoms with Crippen LogP contribution in [0, 0.1) is 12.3 Å². The Labute approximate surface area is 107 Å². The van der Waals surface area contributed by atoms with Crippen LogP contribution in [-0.4, -0.2) is 22.2 Å². The summed E-state index contributed by atoms with van der Waals surface area (Å²) in [6.45, 7) is 7.17. The monoisotopic (exact) mass is 252 g/mol. The molecular weight excluding hydrogens is 232 g/mol. The number of aryl methyl sites for hydroxylation is 1. The zero-order chi connectivity index (χ0) is 14.3. The van der Waals surface area contributed by atoms with Gasteiger partial charge in [-0.1, -0.05) is 24.6 Å². The first-order valence-corrected chi connectivity index (χ1v) is 5.74. The van der Waals surface area contributed by atoms with Crippen molar-refractivity contribution in [2.45, 2.75) is 34.1 Å². The smallest absolute Gasteiger partial charge is 0.335 e. The van der Waals surface area contributed by atoms with Gasteiger partial charge in [-0.3, -0.25) is 4.79 Å². The van der Waals surface area contributed by atoms with E-state index >= 15 is 0 Å². The molecule has 0 spiro atoms. The number of carboxylic acids is 2. The lowest BCUT2D eigenvalue weighted by molar-refractivity contribution is -0.147. The lowest BCUT2D eigenvalue weighted by Crippen LogP contribution is -2.21. The van der Waals surface area contributed by atoms with Gasteiger partial charge in [-0.15, -0.1) is 0 Å². The third kappa shape index (κ3) is 5.48. The zero-order valence-corrected chi connectivity index (χ0v) is 11.2. The van der Waals surface area contributed by atoms with E-state index in [-0.39, 0.29) is 0 Å². The van der Waals surface area contributed by atoms with E-state index in [0.29, 0.717) is 12.0 Å². The van der Waals surface area contributed by atoms with Gasteiger partial charge in [-0.2, -0.15) is 0 Å². The lowest BCUT2D eigenvalue weighted by Gasteiger charge is -2.14. The third-order valence-corrected chi connectivity index (χ3v) is 2.73. The van der Waals surface area contributed by atoms with Crippen LogP contribution in [0.3, 0.4) is 0 Å². The van der Waals surface area contributed by atoms with Crippen molar-refractivity contribution in [2.75, 3.05) is 0 Å². The minimum atomic E-state index is -0.872. The van der Waals surface area contributed by atoms with Gasteiger partial charge in [0.2, 0.25) is 0 Å². The molecule has 0 aromatic heterocycles. The SMILES string of the molecule is CCC(C)(C)C(=O)O.Cc1cccc(C(=O)O)c1. The summed E-state index contributed by atoms with van der Waals surface area (Å²) < 4.78 is 0. The predicted octanol–water partition coefficient (Wildman–Crippen LogP) is 3.20. The zero-order valence-electron chi connectivity index (χ0n) is 11.2. The fourth-order valence-corrected chi connectivity index (χ4v) is 0.929. The van der Waals surface area contributed by atoms with Gasteiger partial charge in [0.15, 0.2) is 0 Å². The van der Waals surface area contributed by atoms with E-state index in [1.807, 2.05) is 19.9 Å². The fourth-order valence-electron chi connectivity index (χ4n) is 0.929. The maximum Gasteiger partial charge on any atom is 0.335 e. The van der Waals surface area contributed by atoms with Crippen molar-refractivity contribution >= 4 is 11.9 Å². The van der Waals surface area contributed by atoms with Gasteiger partial charge in [-0.25, -0.2) is 4.79 Å². The molecule has 18 heavy (non-hydrogen) atoms. The lowest BCUT2D eigenvalue weighted by atomic mass is 9.91. The second kappa shape index (κ2) is 6.79. The van der Waals surface area contributed by atoms with E-state index in [1.54, 1.807) is 32.0 Å². The number of hydrogen-bond donors (Lipinski definition) is 2. The molecule has 0 saturated heterocycles. The molecule has 2 N–H and O–H groups in total. The number of hydrogen-bond acceptors (Lipinski definition) is 2. The van der Waals surface area contributed by atoms with Gasteiger partial charge < -0.3 is 10.2 Å². The van der Waals surface area contributed by atoms with E-state index in [2.05, 4.69) is 0 Å². The highest BCUT2D eigenvalue weighted by atomic mass is 16.4. The van der Waals surface area contributed by atoms with Crippen molar-refractivity contribution in [1.82, 2.24) is 0 Å². The number of carboxylic acid groups (broad SMARTS) is 2. The van der Waals surface area contributed by atoms with Crippen LogP contribution in [-0.2, 0) is 4.79 Å². The number of carbonyl (C=O) groups is 2. The highest BCUT2D eigenvalue weighted by Crippen LogP contribution is 2.18. The minimum Gasteiger partial charge on any atom is -0.481 e. The molecule has 0 amide bonds. The Hall–Kier alpha value is -1.84. The summed E-state index contributed by atoms with van der Waals surface area (Å²) in [6, 6.07) is 6.82. The van der Waals surface area contributed by atoms with Crippen molar-refractivity contribution in [3.8, 4) is 0 Å². The van der Waals surface area contributed by atoms with Gasteiger partial charge in [0, 0.05) is 0 Å². The molecule has 4 nitrogen and oxygen atoms in total. The molecule has 0 heterocycles. The summed E-state index contributed by atoms with van der Waals surface area (Å²) in [5.41, 5.74) is 0.778. The van der Waals surface area contributed by atoms with Gasteiger partial charge in [0.05, 0.1) is 11.0 Å². The molecule has 0 aliphatic heterocycles. The molecule has 0 radical (unpaired) electrons. The number of rotatable bonds is 3. The summed E-state index contributed by atoms with van der Waals surface area (Å²) in [4.78, 5) is 20.6. The second-order valence-corrected chi connectivity index (χ2v) is 4.72. The molecule has 0 aliphatic carbocycles. The Morgan fingerprint density at radius 1 is 1.22 bits per heavy atom. The van der Waals surface area contributed by atoms with E-state index in [1.165, 1.54) is 0 Å². The first-order valence-electron chi connectivity index (χ1n) is 5.74. The van der Waals surface area contributed by atoms with Gasteiger partial charge >= 0.3 is 11.9 Å². The molecule has 0 unspecified atom stereocenters. The van der Waals surface area contributed by atoms with Crippen molar-refractivity contribution in [3.05, 3.63) is 35.4 Å². The van der Waals surface area contributed by atoms with E-state index in [0.717, 1.165) is 5.56 Å². The minimum absolute atomic E-state index is 0.347. The maximum atomic E-state index is 10.4. The highest BCUT2D eigenvalue weighted by Gasteiger charge is 2.23. The van der Waals surface area contributed by atoms with Crippen LogP contribution in [0.5, 0.6) is 0 Å². The van der Waals surface area contributed by atoms with Crippen LogP contribution in [0.25, 0.3) is 0 Å². The summed E-state index contributed by atoms with van der Waals surface area (Å²) in [5, 5.41) is 17.0. The predicted molar refractivity (Wildman–Crippen MR) is 69.8 cm³/mol. The summed E-state index contributed by atoms with van der Waals surface area (Å²) >= 11 is 0. The first-order chi connectivity index (χ1) is 8.20. The molecular formula is C14H20O4. The van der Waals surface area contributed by atoms with E-state index in [4.69, 9.17) is 10.2 Å². The molecule has 1 aromatic rings. The summed E-state index contributed by atoms with van der Waals surface area (Å²) in [7, 11) is 0. The van der Waals surface area contributed by atoms with Gasteiger partial charge in [0.25, 0.3) is 0 Å². The third-order valence-electron chi connectivity index (χ3n) is 2.73. The summed E-state index contributed by atoms with van der Waals surface area (Å²) in [6.07, 6.45) is 0.683. The Kier molecular flexibility index (Phi) is 6.09. The van der Waals surface area contributed by atoms with Crippen molar-refractivity contribution in [3.63, 3.8) is 0 Å². The Balaban J connectivity index is 0.000000331. The fraction of sp³-hybridized carbons (Fsp3) is 0.429. The maximum absolute atomic E-state index is 10.4. The summed E-state index contributed by atoms with van der Waals surface area (Å²) in [5.74, 6) is -1.59. The van der Waals surface area contributed by atoms with Gasteiger partial charge in [0.1, 0.15) is 0 Å². The van der Waals surface area contributed by atoms with Crippen molar-refractivity contribution < 1.29 is 19.8 Å². The average molecular weight is 252 g/mol. The second-order valence-electron chi connectivity index (χ2n) is 4.72. The molecule has 1 rings (SSSR count). The van der Waals surface area contributed by atoms with E-state index in [9.17, 15) is 9.59 Å². The topological polar surface area (TPSA) is 74.6 Å². The normalized spacial score (nSPS) is 10.2. The van der Waals surface area contributed by atoms with Crippen LogP contribution in [0.1, 0.15) is 43.1 Å². The van der Waals surface area contributed by atoms with Crippen LogP contribution in [0.2, 0.25) is 0 Å². The molecule has 0 bridgehead atoms. The molecule has 100 valence electrons. The van der Waals surface area contributed by atoms with Crippen LogP contribution >= 0.6 is 0 Å². The average Bonchev–Trinajstić information content (AvgIpc) is 2.29. The standard InChI is InChI=1S/C8H8O2.C6H12O2/c1-6-3-2-4-7(5-6)8(9)10;1-4-6(2,3)5(7)8/h2-5H,1H3,(H,9,10);4H2,1-3H3,(H,7,8). The molecule has 0 atom stereocenters. The van der Waals surface area contributed by atoms with Crippen LogP contribution < -0.4 is 0 Å².